The van der Waals surface area contributed by atoms with Crippen molar-refractivity contribution in [3.63, 3.8) is 0 Å². The van der Waals surface area contributed by atoms with E-state index in [0.717, 1.165) is 135 Å². The molecule has 87 heavy (non-hydrogen) atoms. The van der Waals surface area contributed by atoms with Crippen molar-refractivity contribution in [2.24, 2.45) is 0 Å². The molecule has 0 aromatic carbocycles. The summed E-state index contributed by atoms with van der Waals surface area (Å²) < 4.78 is 60.6. The van der Waals surface area contributed by atoms with Gasteiger partial charge in [0.1, 0.15) is 25.4 Å². The van der Waals surface area contributed by atoms with Crippen LogP contribution in [0.1, 0.15) is 213 Å². The molecule has 5 atom stereocenters. The van der Waals surface area contributed by atoms with Crippen LogP contribution in [-0.2, 0) is 55.8 Å². The third-order valence-electron chi connectivity index (χ3n) is 12.5. The Morgan fingerprint density at radius 2 is 0.621 bits per heavy atom. The predicted octanol–water partition coefficient (Wildman–Crippen LogP) is 17.4. The summed E-state index contributed by atoms with van der Waals surface area (Å²) >= 11 is 0. The third-order valence-corrected chi connectivity index (χ3v) is 14.4. The van der Waals surface area contributed by atoms with E-state index in [9.17, 15) is 43.5 Å². The molecule has 0 aliphatic rings. The van der Waals surface area contributed by atoms with E-state index in [0.29, 0.717) is 25.7 Å². The number of allylic oxidation sites excluding steroid dienone is 24. The van der Waals surface area contributed by atoms with Gasteiger partial charge in [-0.05, 0) is 128 Å². The van der Waals surface area contributed by atoms with Crippen molar-refractivity contribution in [2.45, 2.75) is 232 Å². The molecule has 5 unspecified atom stereocenters. The average molecular weight is 1260 g/mol. The molecule has 0 aliphatic heterocycles. The van der Waals surface area contributed by atoms with E-state index in [4.69, 9.17) is 32.3 Å². The van der Waals surface area contributed by atoms with Gasteiger partial charge >= 0.3 is 33.6 Å². The molecule has 0 aromatic rings. The summed E-state index contributed by atoms with van der Waals surface area (Å²) in [5, 5.41) is 20.5. The van der Waals surface area contributed by atoms with Gasteiger partial charge in [0, 0.05) is 19.3 Å². The summed E-state index contributed by atoms with van der Waals surface area (Å²) in [5.41, 5.74) is 0. The molecule has 0 rings (SSSR count). The molecular formula is C69H112O16P2. The molecule has 0 fully saturated rings. The molecule has 494 valence electrons. The summed E-state index contributed by atoms with van der Waals surface area (Å²) in [7, 11) is -9.80. The van der Waals surface area contributed by atoms with Crippen molar-refractivity contribution in [3.05, 3.63) is 146 Å². The number of hydrogen-bond acceptors (Lipinski definition) is 14. The Morgan fingerprint density at radius 3 is 1.02 bits per heavy atom. The minimum absolute atomic E-state index is 0.0764. The quantitative estimate of drug-likeness (QED) is 0.0146. The van der Waals surface area contributed by atoms with E-state index >= 15 is 0 Å². The lowest BCUT2D eigenvalue weighted by atomic mass is 10.1. The van der Waals surface area contributed by atoms with Crippen LogP contribution in [0.2, 0.25) is 0 Å². The van der Waals surface area contributed by atoms with Gasteiger partial charge in [-0.15, -0.1) is 0 Å². The lowest BCUT2D eigenvalue weighted by Gasteiger charge is -2.21. The van der Waals surface area contributed by atoms with Crippen LogP contribution in [0, 0.1) is 0 Å². The highest BCUT2D eigenvalue weighted by atomic mass is 31.2. The van der Waals surface area contributed by atoms with Crippen molar-refractivity contribution in [2.75, 3.05) is 39.6 Å². The summed E-state index contributed by atoms with van der Waals surface area (Å²) in [6.07, 6.45) is 72.1. The topological polar surface area (TPSA) is 231 Å². The first kappa shape index (κ1) is 82.4. The first-order chi connectivity index (χ1) is 42.2. The fraction of sp³-hybridized carbons (Fsp3) is 0.609. The number of hydrogen-bond donors (Lipinski definition) is 4. The highest BCUT2D eigenvalue weighted by molar-refractivity contribution is 7.47. The maximum Gasteiger partial charge on any atom is 0.472 e. The normalized spacial score (nSPS) is 15.3. The molecule has 0 amide bonds. The number of rotatable bonds is 59. The molecular weight excluding hydrogens is 1150 g/mol. The van der Waals surface area contributed by atoms with Crippen molar-refractivity contribution in [1.29, 1.82) is 0 Å². The Kier molecular flexibility index (Phi) is 58.4. The van der Waals surface area contributed by atoms with Gasteiger partial charge in [-0.1, -0.05) is 212 Å². The standard InChI is InChI=1S/C69H112O16P2/c1-4-7-10-13-16-19-22-24-26-28-29-30-31-32-33-35-37-38-41-43-46-49-52-55-67(72)79-58-64(70)59-81-86(75,76)82-60-65(71)61-83-87(77,78)84-63-66(85-69(74)57-54-51-48-45-40-21-18-15-12-9-6-3)62-80-68(73)56-53-50-47-44-42-39-36-34-27-25-23-20-17-14-11-8-5-2/h7-8,10-11,15-20,24-27,29-30,32-33,36-39,44,47,64-66,70-71H,4-6,9,12-14,21-23,28,31,34-35,40-43,45-46,48-63H2,1-3H3,(H,75,76)(H,77,78)/b10-7-,11-8-,18-15-,19-16-,20-17-,26-24-,27-25-,30-29-,33-32-,38-37-,39-36-,47-44-. The SMILES string of the molecule is CC/C=C\C/C=C\C/C=C\C/C=C\C/C=C\C/C=C\CCCCCCC(=O)OCC(O)COP(=O)(O)OCC(O)COP(=O)(O)OCC(COC(=O)CCC/C=C\C/C=C\C/C=C\C/C=C\C/C=C\CC)OC(=O)CCCCCCC/C=C\CCCC. The van der Waals surface area contributed by atoms with E-state index in [1.807, 2.05) is 12.2 Å². The zero-order valence-electron chi connectivity index (χ0n) is 53.1. The molecule has 0 spiro atoms. The van der Waals surface area contributed by atoms with Crippen LogP contribution >= 0.6 is 15.6 Å². The monoisotopic (exact) mass is 1260 g/mol. The molecule has 0 saturated heterocycles. The van der Waals surface area contributed by atoms with Crippen LogP contribution < -0.4 is 0 Å². The zero-order valence-corrected chi connectivity index (χ0v) is 54.9. The summed E-state index contributed by atoms with van der Waals surface area (Å²) in [6, 6.07) is 0. The zero-order chi connectivity index (χ0) is 63.8. The fourth-order valence-corrected chi connectivity index (χ4v) is 9.23. The Hall–Kier alpha value is -4.57. The van der Waals surface area contributed by atoms with E-state index in [1.165, 1.54) is 12.8 Å². The molecule has 0 aliphatic carbocycles. The van der Waals surface area contributed by atoms with Crippen LogP contribution in [0.4, 0.5) is 0 Å². The highest BCUT2D eigenvalue weighted by Gasteiger charge is 2.29. The first-order valence-corrected chi connectivity index (χ1v) is 35.1. The van der Waals surface area contributed by atoms with Crippen LogP contribution in [-0.4, -0.2) is 95.9 Å². The maximum absolute atomic E-state index is 12.8. The third kappa shape index (κ3) is 62.8. The summed E-state index contributed by atoms with van der Waals surface area (Å²) in [4.78, 5) is 58.1. The van der Waals surface area contributed by atoms with Gasteiger partial charge in [-0.2, -0.15) is 0 Å². The Labute approximate surface area is 524 Å². The lowest BCUT2D eigenvalue weighted by Crippen LogP contribution is -2.30. The molecule has 0 aromatic heterocycles. The fourth-order valence-electron chi connectivity index (χ4n) is 7.65. The number of esters is 3. The van der Waals surface area contributed by atoms with Gasteiger partial charge < -0.3 is 34.2 Å². The summed E-state index contributed by atoms with van der Waals surface area (Å²) in [6.45, 7) is 2.24. The number of carbonyl (C=O) groups is 3. The predicted molar refractivity (Wildman–Crippen MR) is 352 cm³/mol. The van der Waals surface area contributed by atoms with Crippen LogP contribution in [0.15, 0.2) is 146 Å². The minimum atomic E-state index is -4.94. The van der Waals surface area contributed by atoms with Crippen molar-refractivity contribution in [3.8, 4) is 0 Å². The van der Waals surface area contributed by atoms with E-state index in [1.54, 1.807) is 0 Å². The summed E-state index contributed by atoms with van der Waals surface area (Å²) in [5.74, 6) is -1.69. The van der Waals surface area contributed by atoms with Crippen LogP contribution in [0.3, 0.4) is 0 Å². The maximum atomic E-state index is 12.8. The van der Waals surface area contributed by atoms with Gasteiger partial charge in [0.15, 0.2) is 6.10 Å². The first-order valence-electron chi connectivity index (χ1n) is 32.1. The minimum Gasteiger partial charge on any atom is -0.463 e. The number of aliphatic hydroxyl groups is 2. The van der Waals surface area contributed by atoms with Crippen molar-refractivity contribution >= 4 is 33.6 Å². The Bertz CT molecular complexity index is 2170. The second kappa shape index (κ2) is 61.7. The number of aliphatic hydroxyl groups excluding tert-OH is 2. The van der Waals surface area contributed by atoms with Crippen LogP contribution in [0.25, 0.3) is 0 Å². The Balaban J connectivity index is 4.66. The second-order valence-corrected chi connectivity index (χ2v) is 23.7. The molecule has 18 heteroatoms. The van der Waals surface area contributed by atoms with Gasteiger partial charge in [-0.3, -0.25) is 32.5 Å². The molecule has 0 heterocycles. The molecule has 0 bridgehead atoms. The number of unbranched alkanes of at least 4 members (excludes halogenated alkanes) is 12. The average Bonchev–Trinajstić information content (AvgIpc) is 3.57. The molecule has 16 nitrogen and oxygen atoms in total. The smallest absolute Gasteiger partial charge is 0.463 e. The van der Waals surface area contributed by atoms with E-state index < -0.39 is 91.5 Å². The van der Waals surface area contributed by atoms with Crippen molar-refractivity contribution < 1.29 is 75.8 Å². The van der Waals surface area contributed by atoms with Crippen LogP contribution in [0.5, 0.6) is 0 Å². The van der Waals surface area contributed by atoms with Gasteiger partial charge in [-0.25, -0.2) is 9.13 Å². The van der Waals surface area contributed by atoms with Crippen molar-refractivity contribution in [1.82, 2.24) is 0 Å². The number of ether oxygens (including phenoxy) is 3. The van der Waals surface area contributed by atoms with E-state index in [-0.39, 0.29) is 19.3 Å². The van der Waals surface area contributed by atoms with Gasteiger partial charge in [0.05, 0.1) is 26.4 Å². The van der Waals surface area contributed by atoms with Gasteiger partial charge in [0.2, 0.25) is 0 Å². The Morgan fingerprint density at radius 1 is 0.333 bits per heavy atom. The van der Waals surface area contributed by atoms with Gasteiger partial charge in [0.25, 0.3) is 0 Å². The van der Waals surface area contributed by atoms with E-state index in [2.05, 4.69) is 154 Å². The number of carbonyl (C=O) groups excluding carboxylic acids is 3. The molecule has 4 N–H and O–H groups in total. The molecule has 0 radical (unpaired) electrons. The molecule has 0 saturated carbocycles. The number of phosphoric acid groups is 2. The number of phosphoric ester groups is 2. The lowest BCUT2D eigenvalue weighted by molar-refractivity contribution is -0.161. The second-order valence-electron chi connectivity index (χ2n) is 20.8. The largest absolute Gasteiger partial charge is 0.472 e. The highest BCUT2D eigenvalue weighted by Crippen LogP contribution is 2.45.